The number of aromatic nitrogens is 2. The summed E-state index contributed by atoms with van der Waals surface area (Å²) in [5, 5.41) is 3.88. The van der Waals surface area contributed by atoms with E-state index in [9.17, 15) is 14.4 Å². The molecule has 160 valence electrons. The van der Waals surface area contributed by atoms with E-state index in [-0.39, 0.29) is 29.6 Å². The van der Waals surface area contributed by atoms with E-state index in [1.54, 1.807) is 6.92 Å². The van der Waals surface area contributed by atoms with Crippen LogP contribution in [0.5, 0.6) is 0 Å². The third-order valence-corrected chi connectivity index (χ3v) is 6.53. The maximum Gasteiger partial charge on any atom is 0.305 e. The van der Waals surface area contributed by atoms with Crippen molar-refractivity contribution in [2.24, 2.45) is 5.92 Å². The zero-order valence-electron chi connectivity index (χ0n) is 17.4. The molecule has 0 aliphatic carbocycles. The monoisotopic (exact) mass is 439 g/mol. The van der Waals surface area contributed by atoms with Gasteiger partial charge >= 0.3 is 5.97 Å². The number of aryl methyl sites for hydroxylation is 1. The van der Waals surface area contributed by atoms with E-state index in [0.717, 1.165) is 28.1 Å². The van der Waals surface area contributed by atoms with Crippen molar-refractivity contribution in [2.45, 2.75) is 58.5 Å². The third-order valence-electron chi connectivity index (χ3n) is 4.62. The van der Waals surface area contributed by atoms with Gasteiger partial charge in [0.2, 0.25) is 5.91 Å². The Bertz CT molecular complexity index is 907. The summed E-state index contributed by atoms with van der Waals surface area (Å²) in [6, 6.07) is 0. The molecule has 2 rings (SSSR count). The number of ether oxygens (including phenoxy) is 1. The highest BCUT2D eigenvalue weighted by Crippen LogP contribution is 2.30. The Hall–Kier alpha value is -1.87. The van der Waals surface area contributed by atoms with Crippen LogP contribution in [0.25, 0.3) is 10.2 Å². The molecule has 1 atom stereocenters. The van der Waals surface area contributed by atoms with Crippen molar-refractivity contribution >= 4 is 45.2 Å². The number of hydrogen-bond acceptors (Lipinski definition) is 7. The van der Waals surface area contributed by atoms with Crippen LogP contribution >= 0.6 is 23.1 Å². The van der Waals surface area contributed by atoms with Crippen molar-refractivity contribution in [2.75, 3.05) is 18.9 Å². The van der Waals surface area contributed by atoms with Gasteiger partial charge in [0.25, 0.3) is 5.56 Å². The molecule has 2 aromatic rings. The molecule has 7 nitrogen and oxygen atoms in total. The zero-order valence-corrected chi connectivity index (χ0v) is 19.1. The fraction of sp³-hybridized carbons (Fsp3) is 0.600. The molecule has 0 saturated heterocycles. The lowest BCUT2D eigenvalue weighted by atomic mass is 9.98. The number of hydrogen-bond donors (Lipinski definition) is 2. The number of esters is 1. The largest absolute Gasteiger partial charge is 0.466 e. The Labute approximate surface area is 179 Å². The summed E-state index contributed by atoms with van der Waals surface area (Å²) in [4.78, 5) is 45.1. The van der Waals surface area contributed by atoms with Crippen molar-refractivity contribution < 1.29 is 14.3 Å². The Balaban J connectivity index is 1.93. The van der Waals surface area contributed by atoms with Gasteiger partial charge in [0.05, 0.1) is 17.7 Å². The normalized spacial score (nSPS) is 12.1. The maximum absolute atomic E-state index is 12.6. The number of thioether (sulfide) groups is 1. The minimum absolute atomic E-state index is 0.144. The summed E-state index contributed by atoms with van der Waals surface area (Å²) in [6.07, 6.45) is 2.74. The van der Waals surface area contributed by atoms with Gasteiger partial charge in [0.1, 0.15) is 4.83 Å². The number of fused-ring (bicyclic) bond motifs is 1. The first kappa shape index (κ1) is 23.4. The molecule has 2 N–H and O–H groups in total. The van der Waals surface area contributed by atoms with E-state index in [4.69, 9.17) is 4.74 Å². The molecule has 0 radical (unpaired) electrons. The molecule has 0 saturated carbocycles. The molecule has 1 amide bonds. The van der Waals surface area contributed by atoms with Gasteiger partial charge in [-0.3, -0.25) is 14.4 Å². The Morgan fingerprint density at radius 2 is 2.10 bits per heavy atom. The highest BCUT2D eigenvalue weighted by molar-refractivity contribution is 7.99. The summed E-state index contributed by atoms with van der Waals surface area (Å²) in [5.74, 6) is 0.233. The molecule has 1 unspecified atom stereocenters. The molecule has 0 spiro atoms. The Morgan fingerprint density at radius 1 is 1.34 bits per heavy atom. The highest BCUT2D eigenvalue weighted by atomic mass is 32.2. The second-order valence-electron chi connectivity index (χ2n) is 6.95. The fourth-order valence-corrected chi connectivity index (χ4v) is 4.64. The number of H-pyrrole nitrogens is 1. The minimum Gasteiger partial charge on any atom is -0.466 e. The second-order valence-corrected chi connectivity index (χ2v) is 9.12. The molecular formula is C20H29N3O4S2. The molecular weight excluding hydrogens is 410 g/mol. The lowest BCUT2D eigenvalue weighted by molar-refractivity contribution is -0.143. The highest BCUT2D eigenvalue weighted by Gasteiger charge is 2.17. The molecule has 2 aromatic heterocycles. The van der Waals surface area contributed by atoms with Gasteiger partial charge in [-0.25, -0.2) is 4.98 Å². The van der Waals surface area contributed by atoms with Gasteiger partial charge in [-0.15, -0.1) is 11.3 Å². The number of nitrogens with one attached hydrogen (secondary N) is 2. The number of amides is 1. The van der Waals surface area contributed by atoms with Crippen LogP contribution in [-0.4, -0.2) is 40.7 Å². The fourth-order valence-electron chi connectivity index (χ4n) is 2.84. The molecule has 0 aliphatic heterocycles. The number of nitrogens with zero attached hydrogens (tertiary/aromatic N) is 1. The average molecular weight is 440 g/mol. The van der Waals surface area contributed by atoms with E-state index < -0.39 is 0 Å². The number of thiophene rings is 1. The van der Waals surface area contributed by atoms with Crippen LogP contribution in [0.2, 0.25) is 0 Å². The number of aromatic amines is 1. The van der Waals surface area contributed by atoms with Crippen LogP contribution in [0.1, 0.15) is 50.5 Å². The molecule has 0 fully saturated rings. The van der Waals surface area contributed by atoms with Crippen LogP contribution in [0.4, 0.5) is 0 Å². The average Bonchev–Trinajstić information content (AvgIpc) is 2.99. The molecule has 0 aliphatic rings. The van der Waals surface area contributed by atoms with Gasteiger partial charge in [-0.1, -0.05) is 32.0 Å². The van der Waals surface area contributed by atoms with E-state index in [0.29, 0.717) is 36.0 Å². The van der Waals surface area contributed by atoms with Crippen molar-refractivity contribution in [3.63, 3.8) is 0 Å². The smallest absolute Gasteiger partial charge is 0.305 e. The maximum atomic E-state index is 12.6. The lowest BCUT2D eigenvalue weighted by Crippen LogP contribution is -2.26. The van der Waals surface area contributed by atoms with Gasteiger partial charge < -0.3 is 15.0 Å². The van der Waals surface area contributed by atoms with Gasteiger partial charge in [0, 0.05) is 17.8 Å². The van der Waals surface area contributed by atoms with E-state index in [1.807, 2.05) is 6.92 Å². The predicted molar refractivity (Wildman–Crippen MR) is 118 cm³/mol. The summed E-state index contributed by atoms with van der Waals surface area (Å²) in [5.41, 5.74) is 0.944. The van der Waals surface area contributed by atoms with Crippen LogP contribution in [0, 0.1) is 12.8 Å². The lowest BCUT2D eigenvalue weighted by Gasteiger charge is -2.08. The first-order valence-corrected chi connectivity index (χ1v) is 11.7. The quantitative estimate of drug-likeness (QED) is 0.241. The van der Waals surface area contributed by atoms with Crippen LogP contribution < -0.4 is 10.9 Å². The van der Waals surface area contributed by atoms with E-state index in [2.05, 4.69) is 29.1 Å². The number of rotatable bonds is 11. The van der Waals surface area contributed by atoms with Gasteiger partial charge in [-0.05, 0) is 38.2 Å². The standard InChI is InChI=1S/C20H29N3O4S2/c1-5-12(3)10-14-13(4)29-19-17(14)18(26)22-20(23-19)28-11-15(24)21-9-7-8-16(25)27-6-2/h12H,5-11H2,1-4H3,(H,21,24)(H,22,23,26). The van der Waals surface area contributed by atoms with Crippen molar-refractivity contribution in [1.29, 1.82) is 0 Å². The Morgan fingerprint density at radius 3 is 2.79 bits per heavy atom. The summed E-state index contributed by atoms with van der Waals surface area (Å²) < 4.78 is 4.84. The topological polar surface area (TPSA) is 101 Å². The zero-order chi connectivity index (χ0) is 21.4. The van der Waals surface area contributed by atoms with Gasteiger partial charge in [-0.2, -0.15) is 0 Å². The second kappa shape index (κ2) is 11.3. The molecule has 29 heavy (non-hydrogen) atoms. The van der Waals surface area contributed by atoms with E-state index >= 15 is 0 Å². The summed E-state index contributed by atoms with van der Waals surface area (Å²) in [6.45, 7) is 8.88. The van der Waals surface area contributed by atoms with Crippen molar-refractivity contribution in [3.8, 4) is 0 Å². The SMILES string of the molecule is CCOC(=O)CCCNC(=O)CSc1nc2sc(C)c(CC(C)CC)c2c(=O)[nH]1. The first-order valence-electron chi connectivity index (χ1n) is 9.93. The summed E-state index contributed by atoms with van der Waals surface area (Å²) in [7, 11) is 0. The molecule has 0 bridgehead atoms. The van der Waals surface area contributed by atoms with Gasteiger partial charge in [0.15, 0.2) is 5.16 Å². The molecule has 0 aromatic carbocycles. The molecule has 2 heterocycles. The predicted octanol–water partition coefficient (Wildman–Crippen LogP) is 3.43. The summed E-state index contributed by atoms with van der Waals surface area (Å²) >= 11 is 2.73. The van der Waals surface area contributed by atoms with Crippen molar-refractivity contribution in [3.05, 3.63) is 20.8 Å². The minimum atomic E-state index is -0.259. The number of carbonyl (C=O) groups is 2. The van der Waals surface area contributed by atoms with Crippen LogP contribution in [0.3, 0.4) is 0 Å². The van der Waals surface area contributed by atoms with Crippen LogP contribution in [0.15, 0.2) is 9.95 Å². The third kappa shape index (κ3) is 6.85. The Kier molecular flexibility index (Phi) is 9.16. The molecule has 9 heteroatoms. The van der Waals surface area contributed by atoms with E-state index in [1.165, 1.54) is 23.1 Å². The van der Waals surface area contributed by atoms with Crippen LogP contribution in [-0.2, 0) is 20.7 Å². The number of carbonyl (C=O) groups excluding carboxylic acids is 2. The van der Waals surface area contributed by atoms with Crippen molar-refractivity contribution in [1.82, 2.24) is 15.3 Å². The first-order chi connectivity index (χ1) is 13.8.